The van der Waals surface area contributed by atoms with E-state index in [1.165, 1.54) is 0 Å². The molecule has 1 unspecified atom stereocenters. The third kappa shape index (κ3) is 2.48. The van der Waals surface area contributed by atoms with Crippen molar-refractivity contribution in [2.24, 2.45) is 5.92 Å². The molecule has 0 aliphatic heterocycles. The molecule has 0 aromatic carbocycles. The van der Waals surface area contributed by atoms with Crippen LogP contribution in [0, 0.1) is 5.92 Å². The molecule has 1 rings (SSSR count). The van der Waals surface area contributed by atoms with E-state index in [-0.39, 0.29) is 17.4 Å². The van der Waals surface area contributed by atoms with Gasteiger partial charge in [-0.1, -0.05) is 6.92 Å². The number of hydrogen-bond acceptors (Lipinski definition) is 2. The van der Waals surface area contributed by atoms with Gasteiger partial charge in [0.15, 0.2) is 0 Å². The van der Waals surface area contributed by atoms with E-state index in [0.29, 0.717) is 0 Å². The Morgan fingerprint density at radius 3 is 2.58 bits per heavy atom. The number of amides is 1. The average Bonchev–Trinajstić information content (AvgIpc) is 2.68. The second kappa shape index (κ2) is 3.44. The predicted octanol–water partition coefficient (Wildman–Crippen LogP) is 0.511. The number of rotatable bonds is 4. The molecule has 12 heavy (non-hydrogen) atoms. The topological polar surface area (TPSA) is 41.1 Å². The highest BCUT2D eigenvalue weighted by molar-refractivity contribution is 5.79. The summed E-state index contributed by atoms with van der Waals surface area (Å²) in [5.74, 6) is 0.247. The van der Waals surface area contributed by atoms with Gasteiger partial charge < -0.3 is 10.6 Å². The fraction of sp³-hybridized carbons (Fsp3) is 0.889. The molecule has 0 aromatic rings. The summed E-state index contributed by atoms with van der Waals surface area (Å²) >= 11 is 0. The lowest BCUT2D eigenvalue weighted by Gasteiger charge is -2.15. The van der Waals surface area contributed by atoms with Gasteiger partial charge in [-0.3, -0.25) is 4.79 Å². The molecule has 1 atom stereocenters. The van der Waals surface area contributed by atoms with E-state index in [1.54, 1.807) is 0 Å². The molecule has 3 heteroatoms. The summed E-state index contributed by atoms with van der Waals surface area (Å²) < 4.78 is 0. The molecular weight excluding hydrogens is 152 g/mol. The van der Waals surface area contributed by atoms with Crippen molar-refractivity contribution in [1.82, 2.24) is 10.6 Å². The van der Waals surface area contributed by atoms with Crippen molar-refractivity contribution < 1.29 is 4.79 Å². The number of nitrogens with one attached hydrogen (secondary N) is 2. The van der Waals surface area contributed by atoms with Crippen LogP contribution in [0.25, 0.3) is 0 Å². The largest absolute Gasteiger partial charge is 0.351 e. The Balaban J connectivity index is 2.27. The highest BCUT2D eigenvalue weighted by Gasteiger charge is 2.39. The zero-order valence-corrected chi connectivity index (χ0v) is 8.11. The summed E-state index contributed by atoms with van der Waals surface area (Å²) in [5.41, 5.74) is 0.124. The first-order chi connectivity index (χ1) is 5.57. The van der Waals surface area contributed by atoms with E-state index in [0.717, 1.165) is 19.4 Å². The van der Waals surface area contributed by atoms with Gasteiger partial charge in [0, 0.05) is 18.0 Å². The Labute approximate surface area is 73.9 Å². The van der Waals surface area contributed by atoms with Gasteiger partial charge in [0.2, 0.25) is 5.91 Å². The first-order valence-electron chi connectivity index (χ1n) is 4.54. The first kappa shape index (κ1) is 9.52. The summed E-state index contributed by atoms with van der Waals surface area (Å²) in [6, 6.07) is 0. The molecule has 0 bridgehead atoms. The lowest BCUT2D eigenvalue weighted by molar-refractivity contribution is -0.125. The third-order valence-corrected chi connectivity index (χ3v) is 2.38. The van der Waals surface area contributed by atoms with Crippen molar-refractivity contribution in [1.29, 1.82) is 0 Å². The molecule has 1 aliphatic carbocycles. The van der Waals surface area contributed by atoms with Crippen LogP contribution in [0.2, 0.25) is 0 Å². The monoisotopic (exact) mass is 170 g/mol. The van der Waals surface area contributed by atoms with Gasteiger partial charge in [-0.05, 0) is 26.8 Å². The summed E-state index contributed by atoms with van der Waals surface area (Å²) in [6.45, 7) is 4.79. The van der Waals surface area contributed by atoms with Crippen LogP contribution in [-0.4, -0.2) is 25.0 Å². The summed E-state index contributed by atoms with van der Waals surface area (Å²) in [7, 11) is 1.86. The summed E-state index contributed by atoms with van der Waals surface area (Å²) in [5, 5.41) is 6.03. The van der Waals surface area contributed by atoms with E-state index in [4.69, 9.17) is 0 Å². The van der Waals surface area contributed by atoms with Crippen molar-refractivity contribution in [2.75, 3.05) is 13.6 Å². The van der Waals surface area contributed by atoms with Crippen LogP contribution in [0.1, 0.15) is 26.7 Å². The van der Waals surface area contributed by atoms with Crippen LogP contribution in [-0.2, 0) is 4.79 Å². The smallest absolute Gasteiger partial charge is 0.224 e. The minimum Gasteiger partial charge on any atom is -0.351 e. The van der Waals surface area contributed by atoms with Gasteiger partial charge in [-0.15, -0.1) is 0 Å². The van der Waals surface area contributed by atoms with Crippen LogP contribution in [0.3, 0.4) is 0 Å². The maximum Gasteiger partial charge on any atom is 0.224 e. The van der Waals surface area contributed by atoms with Gasteiger partial charge in [0.25, 0.3) is 0 Å². The van der Waals surface area contributed by atoms with Gasteiger partial charge in [-0.25, -0.2) is 0 Å². The fourth-order valence-electron chi connectivity index (χ4n) is 1.13. The van der Waals surface area contributed by atoms with E-state index < -0.39 is 0 Å². The van der Waals surface area contributed by atoms with E-state index in [1.807, 2.05) is 14.0 Å². The molecule has 3 nitrogen and oxygen atoms in total. The van der Waals surface area contributed by atoms with Gasteiger partial charge in [0.1, 0.15) is 0 Å². The lowest BCUT2D eigenvalue weighted by Crippen LogP contribution is -2.40. The van der Waals surface area contributed by atoms with Gasteiger partial charge in [-0.2, -0.15) is 0 Å². The average molecular weight is 170 g/mol. The molecule has 1 saturated carbocycles. The van der Waals surface area contributed by atoms with Crippen molar-refractivity contribution >= 4 is 5.91 Å². The van der Waals surface area contributed by atoms with Crippen molar-refractivity contribution in [2.45, 2.75) is 32.2 Å². The summed E-state index contributed by atoms with van der Waals surface area (Å²) in [6.07, 6.45) is 2.26. The Bertz CT molecular complexity index is 175. The van der Waals surface area contributed by atoms with Crippen molar-refractivity contribution in [3.63, 3.8) is 0 Å². The Kier molecular flexibility index (Phi) is 2.73. The Hall–Kier alpha value is -0.570. The molecule has 1 amide bonds. The van der Waals surface area contributed by atoms with Crippen LogP contribution >= 0.6 is 0 Å². The van der Waals surface area contributed by atoms with E-state index in [9.17, 15) is 4.79 Å². The molecule has 1 aliphatic rings. The quantitative estimate of drug-likeness (QED) is 0.645. The highest BCUT2D eigenvalue weighted by atomic mass is 16.2. The maximum atomic E-state index is 11.4. The second-order valence-electron chi connectivity index (χ2n) is 4.01. The molecule has 70 valence electrons. The van der Waals surface area contributed by atoms with Crippen LogP contribution < -0.4 is 10.6 Å². The second-order valence-corrected chi connectivity index (χ2v) is 4.01. The molecule has 0 radical (unpaired) electrons. The van der Waals surface area contributed by atoms with E-state index >= 15 is 0 Å². The molecule has 0 aromatic heterocycles. The molecular formula is C9H18N2O. The Morgan fingerprint density at radius 2 is 2.17 bits per heavy atom. The normalized spacial score (nSPS) is 21.6. The standard InChI is InChI=1S/C9H18N2O/c1-7(6-10-3)8(12)11-9(2)4-5-9/h7,10H,4-6H2,1-3H3,(H,11,12). The minimum atomic E-state index is 0.0763. The van der Waals surface area contributed by atoms with Crippen molar-refractivity contribution in [3.8, 4) is 0 Å². The fourth-order valence-corrected chi connectivity index (χ4v) is 1.13. The number of carbonyl (C=O) groups is 1. The third-order valence-electron chi connectivity index (χ3n) is 2.38. The molecule has 0 saturated heterocycles. The number of carbonyl (C=O) groups excluding carboxylic acids is 1. The van der Waals surface area contributed by atoms with Crippen LogP contribution in [0.5, 0.6) is 0 Å². The maximum absolute atomic E-state index is 11.4. The summed E-state index contributed by atoms with van der Waals surface area (Å²) in [4.78, 5) is 11.4. The van der Waals surface area contributed by atoms with Gasteiger partial charge in [0.05, 0.1) is 0 Å². The van der Waals surface area contributed by atoms with Crippen molar-refractivity contribution in [3.05, 3.63) is 0 Å². The SMILES string of the molecule is CNCC(C)C(=O)NC1(C)CC1. The highest BCUT2D eigenvalue weighted by Crippen LogP contribution is 2.34. The van der Waals surface area contributed by atoms with Gasteiger partial charge >= 0.3 is 0 Å². The van der Waals surface area contributed by atoms with E-state index in [2.05, 4.69) is 17.6 Å². The molecule has 2 N–H and O–H groups in total. The predicted molar refractivity (Wildman–Crippen MR) is 48.9 cm³/mol. The molecule has 0 heterocycles. The molecule has 1 fully saturated rings. The first-order valence-corrected chi connectivity index (χ1v) is 4.54. The lowest BCUT2D eigenvalue weighted by atomic mass is 10.1. The van der Waals surface area contributed by atoms with Crippen LogP contribution in [0.4, 0.5) is 0 Å². The number of hydrogen-bond donors (Lipinski definition) is 2. The molecule has 0 spiro atoms. The minimum absolute atomic E-state index is 0.0763. The van der Waals surface area contributed by atoms with Crippen LogP contribution in [0.15, 0.2) is 0 Å². The Morgan fingerprint density at radius 1 is 1.58 bits per heavy atom. The zero-order chi connectivity index (χ0) is 9.19. The zero-order valence-electron chi connectivity index (χ0n) is 8.11.